The normalized spacial score (nSPS) is 18.3. The van der Waals surface area contributed by atoms with E-state index in [0.717, 1.165) is 28.8 Å². The Morgan fingerprint density at radius 2 is 1.81 bits per heavy atom. The number of phenolic OH excluding ortho intramolecular Hbond substituents is 1. The van der Waals surface area contributed by atoms with Crippen molar-refractivity contribution in [2.24, 2.45) is 4.99 Å². The highest BCUT2D eigenvalue weighted by molar-refractivity contribution is 6.35. The molecule has 4 nitrogen and oxygen atoms in total. The van der Waals surface area contributed by atoms with Gasteiger partial charge in [-0.1, -0.05) is 72.6 Å². The summed E-state index contributed by atoms with van der Waals surface area (Å²) in [7, 11) is 0. The van der Waals surface area contributed by atoms with Crippen molar-refractivity contribution < 1.29 is 9.84 Å². The SMILES string of the molecule is CCOc1cccc([C@H]2CC(c3ccc(CC)cc3)=N[C@@H](c3ccc(Cl)cc3Cl)N2)c1O. The Hall–Kier alpha value is -2.53. The highest BCUT2D eigenvalue weighted by Gasteiger charge is 2.29. The summed E-state index contributed by atoms with van der Waals surface area (Å²) in [6.45, 7) is 4.52. The van der Waals surface area contributed by atoms with Crippen molar-refractivity contribution in [2.75, 3.05) is 6.61 Å². The van der Waals surface area contributed by atoms with Crippen molar-refractivity contribution >= 4 is 28.9 Å². The molecule has 1 aliphatic heterocycles. The standard InChI is InChI=1S/C26H26Cl2N2O2/c1-3-16-8-10-17(11-9-16)22-15-23(20-6-5-7-24(25(20)31)32-4-2)30-26(29-22)19-13-12-18(27)14-21(19)28/h5-14,23,26,30-31H,3-4,15H2,1-2H3/t23-,26-/m1/s1. The molecule has 2 N–H and O–H groups in total. The van der Waals surface area contributed by atoms with Crippen LogP contribution in [0.5, 0.6) is 11.5 Å². The van der Waals surface area contributed by atoms with Crippen LogP contribution in [0.15, 0.2) is 65.7 Å². The molecule has 1 aliphatic rings. The van der Waals surface area contributed by atoms with Gasteiger partial charge in [0, 0.05) is 39.3 Å². The summed E-state index contributed by atoms with van der Waals surface area (Å²) in [5.41, 5.74) is 4.89. The van der Waals surface area contributed by atoms with E-state index in [-0.39, 0.29) is 18.0 Å². The number of halogens is 2. The van der Waals surface area contributed by atoms with Gasteiger partial charge in [0.05, 0.1) is 6.61 Å². The Morgan fingerprint density at radius 3 is 2.50 bits per heavy atom. The van der Waals surface area contributed by atoms with E-state index < -0.39 is 0 Å². The van der Waals surface area contributed by atoms with Gasteiger partial charge in [-0.3, -0.25) is 10.3 Å². The molecule has 0 aromatic heterocycles. The van der Waals surface area contributed by atoms with E-state index in [9.17, 15) is 5.11 Å². The Bertz CT molecular complexity index is 1130. The maximum atomic E-state index is 10.9. The number of hydrogen-bond donors (Lipinski definition) is 2. The fourth-order valence-electron chi connectivity index (χ4n) is 3.99. The van der Waals surface area contributed by atoms with Gasteiger partial charge in [0.2, 0.25) is 0 Å². The van der Waals surface area contributed by atoms with Gasteiger partial charge in [-0.15, -0.1) is 0 Å². The summed E-state index contributed by atoms with van der Waals surface area (Å²) in [5.74, 6) is 0.625. The lowest BCUT2D eigenvalue weighted by atomic mass is 9.93. The summed E-state index contributed by atoms with van der Waals surface area (Å²) in [5, 5.41) is 15.6. The van der Waals surface area contributed by atoms with Crippen LogP contribution in [0, 0.1) is 0 Å². The van der Waals surface area contributed by atoms with Crippen LogP contribution < -0.4 is 10.1 Å². The quantitative estimate of drug-likeness (QED) is 0.414. The first-order chi connectivity index (χ1) is 15.5. The van der Waals surface area contributed by atoms with Gasteiger partial charge >= 0.3 is 0 Å². The molecule has 0 radical (unpaired) electrons. The Morgan fingerprint density at radius 1 is 1.03 bits per heavy atom. The van der Waals surface area contributed by atoms with Crippen LogP contribution in [-0.4, -0.2) is 17.4 Å². The number of nitrogens with one attached hydrogen (secondary N) is 1. The number of phenols is 1. The first kappa shape index (κ1) is 22.7. The average Bonchev–Trinajstić information content (AvgIpc) is 2.80. The molecule has 0 bridgehead atoms. The van der Waals surface area contributed by atoms with Crippen molar-refractivity contribution in [2.45, 2.75) is 38.9 Å². The van der Waals surface area contributed by atoms with E-state index in [2.05, 4.69) is 36.5 Å². The predicted octanol–water partition coefficient (Wildman–Crippen LogP) is 6.88. The molecule has 0 fully saturated rings. The Balaban J connectivity index is 1.77. The molecule has 4 rings (SSSR count). The van der Waals surface area contributed by atoms with E-state index in [1.165, 1.54) is 5.56 Å². The van der Waals surface area contributed by atoms with Gasteiger partial charge in [0.15, 0.2) is 11.5 Å². The molecular formula is C26H26Cl2N2O2. The van der Waals surface area contributed by atoms with E-state index in [1.54, 1.807) is 12.1 Å². The van der Waals surface area contributed by atoms with Crippen LogP contribution in [0.4, 0.5) is 0 Å². The zero-order valence-corrected chi connectivity index (χ0v) is 19.6. The lowest BCUT2D eigenvalue weighted by Gasteiger charge is -2.31. The predicted molar refractivity (Wildman–Crippen MR) is 131 cm³/mol. The molecule has 6 heteroatoms. The number of rotatable bonds is 6. The molecule has 0 aliphatic carbocycles. The zero-order chi connectivity index (χ0) is 22.7. The third-order valence-electron chi connectivity index (χ3n) is 5.70. The molecule has 0 unspecified atom stereocenters. The van der Waals surface area contributed by atoms with E-state index in [1.807, 2.05) is 31.2 Å². The van der Waals surface area contributed by atoms with E-state index in [0.29, 0.717) is 28.8 Å². The Kier molecular flexibility index (Phi) is 7.04. The van der Waals surface area contributed by atoms with Gasteiger partial charge in [-0.05, 0) is 42.7 Å². The smallest absolute Gasteiger partial charge is 0.162 e. The second-order valence-corrected chi connectivity index (χ2v) is 8.59. The number of ether oxygens (including phenoxy) is 1. The van der Waals surface area contributed by atoms with Crippen molar-refractivity contribution in [1.29, 1.82) is 0 Å². The number of para-hydroxylation sites is 1. The fourth-order valence-corrected chi connectivity index (χ4v) is 4.50. The highest BCUT2D eigenvalue weighted by Crippen LogP contribution is 2.40. The molecule has 0 amide bonds. The number of benzene rings is 3. The van der Waals surface area contributed by atoms with Crippen LogP contribution >= 0.6 is 23.2 Å². The lowest BCUT2D eigenvalue weighted by Crippen LogP contribution is -2.33. The average molecular weight is 469 g/mol. The minimum Gasteiger partial charge on any atom is -0.504 e. The van der Waals surface area contributed by atoms with Gasteiger partial charge in [-0.2, -0.15) is 0 Å². The molecule has 3 aromatic rings. The zero-order valence-electron chi connectivity index (χ0n) is 18.1. The summed E-state index contributed by atoms with van der Waals surface area (Å²) in [4.78, 5) is 5.00. The molecule has 0 spiro atoms. The molecule has 0 saturated carbocycles. The molecular weight excluding hydrogens is 443 g/mol. The van der Waals surface area contributed by atoms with Gasteiger partial charge in [0.25, 0.3) is 0 Å². The highest BCUT2D eigenvalue weighted by atomic mass is 35.5. The number of nitrogens with zero attached hydrogens (tertiary/aromatic N) is 1. The van der Waals surface area contributed by atoms with E-state index in [4.69, 9.17) is 32.9 Å². The Labute approximate surface area is 198 Å². The maximum Gasteiger partial charge on any atom is 0.162 e. The fraction of sp³-hybridized carbons (Fsp3) is 0.269. The molecule has 0 saturated heterocycles. The van der Waals surface area contributed by atoms with Crippen molar-refractivity contribution in [1.82, 2.24) is 5.32 Å². The first-order valence-electron chi connectivity index (χ1n) is 10.8. The van der Waals surface area contributed by atoms with Crippen molar-refractivity contribution in [3.8, 4) is 11.5 Å². The molecule has 2 atom stereocenters. The number of aryl methyl sites for hydroxylation is 1. The summed E-state index contributed by atoms with van der Waals surface area (Å²) in [6, 6.07) is 19.3. The molecule has 166 valence electrons. The van der Waals surface area contributed by atoms with Crippen LogP contribution in [0.2, 0.25) is 10.0 Å². The monoisotopic (exact) mass is 468 g/mol. The maximum absolute atomic E-state index is 10.9. The van der Waals surface area contributed by atoms with Crippen LogP contribution in [-0.2, 0) is 6.42 Å². The minimum atomic E-state index is -0.380. The first-order valence-corrected chi connectivity index (χ1v) is 11.6. The van der Waals surface area contributed by atoms with Crippen LogP contribution in [0.25, 0.3) is 0 Å². The van der Waals surface area contributed by atoms with Gasteiger partial charge in [-0.25, -0.2) is 0 Å². The van der Waals surface area contributed by atoms with Crippen molar-refractivity contribution in [3.63, 3.8) is 0 Å². The molecule has 32 heavy (non-hydrogen) atoms. The van der Waals surface area contributed by atoms with Gasteiger partial charge < -0.3 is 9.84 Å². The third kappa shape index (κ3) is 4.78. The summed E-state index contributed by atoms with van der Waals surface area (Å²) in [6.07, 6.45) is 1.23. The van der Waals surface area contributed by atoms with E-state index >= 15 is 0 Å². The van der Waals surface area contributed by atoms with Gasteiger partial charge in [0.1, 0.15) is 6.17 Å². The van der Waals surface area contributed by atoms with Crippen molar-refractivity contribution in [3.05, 3.63) is 93.0 Å². The lowest BCUT2D eigenvalue weighted by molar-refractivity contribution is 0.313. The summed E-state index contributed by atoms with van der Waals surface area (Å²) >= 11 is 12.6. The minimum absolute atomic E-state index is 0.149. The number of aromatic hydroxyl groups is 1. The second-order valence-electron chi connectivity index (χ2n) is 7.75. The van der Waals surface area contributed by atoms with Crippen LogP contribution in [0.3, 0.4) is 0 Å². The number of aliphatic imine (C=N–C) groups is 1. The topological polar surface area (TPSA) is 53.8 Å². The van der Waals surface area contributed by atoms with Crippen LogP contribution in [0.1, 0.15) is 54.7 Å². The summed E-state index contributed by atoms with van der Waals surface area (Å²) < 4.78 is 5.61. The molecule has 1 heterocycles. The molecule has 3 aromatic carbocycles. The largest absolute Gasteiger partial charge is 0.504 e. The second kappa shape index (κ2) is 9.95. The third-order valence-corrected chi connectivity index (χ3v) is 6.26. The number of hydrogen-bond acceptors (Lipinski definition) is 4.